The fourth-order valence-corrected chi connectivity index (χ4v) is 1.37. The van der Waals surface area contributed by atoms with Gasteiger partial charge < -0.3 is 9.47 Å². The Hall–Kier alpha value is -2.11. The summed E-state index contributed by atoms with van der Waals surface area (Å²) in [6.45, 7) is 3.72. The van der Waals surface area contributed by atoms with E-state index in [2.05, 4.69) is 10.1 Å². The minimum Gasteiger partial charge on any atom is -0.477 e. The number of carbonyl (C=O) groups excluding carboxylic acids is 1. The molecule has 0 aromatic carbocycles. The molecule has 0 saturated heterocycles. The fraction of sp³-hybridized carbons (Fsp3) is 0.364. The summed E-state index contributed by atoms with van der Waals surface area (Å²) in [5.74, 6) is 0.0972. The molecular formula is C11H13N3O3. The van der Waals surface area contributed by atoms with E-state index in [0.717, 1.165) is 0 Å². The van der Waals surface area contributed by atoms with Crippen molar-refractivity contribution in [3.63, 3.8) is 0 Å². The van der Waals surface area contributed by atoms with Gasteiger partial charge in [-0.25, -0.2) is 14.3 Å². The molecule has 17 heavy (non-hydrogen) atoms. The third-order valence-electron chi connectivity index (χ3n) is 2.16. The lowest BCUT2D eigenvalue weighted by atomic mass is 10.4. The molecule has 0 aliphatic heterocycles. The molecule has 0 N–H and O–H groups in total. The number of nitrogens with zero attached hydrogens (tertiary/aromatic N) is 3. The topological polar surface area (TPSA) is 65.7 Å². The van der Waals surface area contributed by atoms with Crippen molar-refractivity contribution in [2.24, 2.45) is 0 Å². The van der Waals surface area contributed by atoms with Gasteiger partial charge in [0.1, 0.15) is 5.75 Å². The molecule has 0 bridgehead atoms. The smallest absolute Gasteiger partial charge is 0.347 e. The Balaban J connectivity index is 2.09. The minimum absolute atomic E-state index is 0.337. The maximum Gasteiger partial charge on any atom is 0.347 e. The van der Waals surface area contributed by atoms with Crippen molar-refractivity contribution < 1.29 is 14.3 Å². The number of hydrogen-bond donors (Lipinski definition) is 0. The summed E-state index contributed by atoms with van der Waals surface area (Å²) in [6.07, 6.45) is 4.24. The Labute approximate surface area is 98.2 Å². The molecule has 2 aromatic rings. The molecule has 0 radical (unpaired) electrons. The second-order valence-electron chi connectivity index (χ2n) is 3.43. The van der Waals surface area contributed by atoms with Crippen LogP contribution >= 0.6 is 0 Å². The first kappa shape index (κ1) is 11.4. The number of imidazole rings is 1. The first-order chi connectivity index (χ1) is 8.20. The summed E-state index contributed by atoms with van der Waals surface area (Å²) in [4.78, 5) is 15.4. The first-order valence-corrected chi connectivity index (χ1v) is 5.33. The van der Waals surface area contributed by atoms with E-state index in [1.165, 1.54) is 6.20 Å². The molecule has 0 spiro atoms. The summed E-state index contributed by atoms with van der Waals surface area (Å²) < 4.78 is 11.9. The molecule has 2 heterocycles. The van der Waals surface area contributed by atoms with Crippen LogP contribution in [0.1, 0.15) is 13.8 Å². The molecule has 0 fully saturated rings. The third kappa shape index (κ3) is 2.52. The summed E-state index contributed by atoms with van der Waals surface area (Å²) in [7, 11) is 0. The Morgan fingerprint density at radius 3 is 3.18 bits per heavy atom. The number of fused-ring (bicyclic) bond motifs is 1. The van der Waals surface area contributed by atoms with Gasteiger partial charge in [-0.2, -0.15) is 5.10 Å². The van der Waals surface area contributed by atoms with Crippen LogP contribution in [0.4, 0.5) is 0 Å². The lowest BCUT2D eigenvalue weighted by Crippen LogP contribution is -2.26. The van der Waals surface area contributed by atoms with Gasteiger partial charge >= 0.3 is 5.97 Å². The predicted molar refractivity (Wildman–Crippen MR) is 59.7 cm³/mol. The van der Waals surface area contributed by atoms with E-state index in [9.17, 15) is 4.79 Å². The second kappa shape index (κ2) is 4.82. The maximum absolute atomic E-state index is 11.4. The highest BCUT2D eigenvalue weighted by Gasteiger charge is 2.16. The first-order valence-electron chi connectivity index (χ1n) is 5.33. The normalized spacial score (nSPS) is 12.4. The van der Waals surface area contributed by atoms with Gasteiger partial charge in [-0.05, 0) is 13.8 Å². The van der Waals surface area contributed by atoms with E-state index < -0.39 is 12.1 Å². The van der Waals surface area contributed by atoms with Crippen LogP contribution in [0.15, 0.2) is 24.7 Å². The SMILES string of the molecule is CCOC(=O)C(C)Oc1cnn2ccnc2c1. The van der Waals surface area contributed by atoms with Gasteiger partial charge in [0.15, 0.2) is 11.8 Å². The molecule has 0 aliphatic carbocycles. The lowest BCUT2D eigenvalue weighted by molar-refractivity contribution is -0.150. The van der Waals surface area contributed by atoms with Gasteiger partial charge in [0.25, 0.3) is 0 Å². The van der Waals surface area contributed by atoms with E-state index in [1.54, 1.807) is 36.8 Å². The molecular weight excluding hydrogens is 222 g/mol. The van der Waals surface area contributed by atoms with Crippen LogP contribution < -0.4 is 4.74 Å². The number of carbonyl (C=O) groups is 1. The van der Waals surface area contributed by atoms with Crippen LogP contribution in [-0.2, 0) is 9.53 Å². The van der Waals surface area contributed by atoms with Gasteiger partial charge in [0, 0.05) is 18.5 Å². The zero-order valence-electron chi connectivity index (χ0n) is 9.66. The quantitative estimate of drug-likeness (QED) is 0.741. The summed E-state index contributed by atoms with van der Waals surface area (Å²) in [5.41, 5.74) is 0.665. The fourth-order valence-electron chi connectivity index (χ4n) is 1.37. The monoisotopic (exact) mass is 235 g/mol. The highest BCUT2D eigenvalue weighted by Crippen LogP contribution is 2.13. The van der Waals surface area contributed by atoms with Gasteiger partial charge in [0.05, 0.1) is 12.8 Å². The van der Waals surface area contributed by atoms with Crippen LogP contribution in [0.5, 0.6) is 5.75 Å². The van der Waals surface area contributed by atoms with Gasteiger partial charge in [-0.15, -0.1) is 0 Å². The van der Waals surface area contributed by atoms with E-state index in [-0.39, 0.29) is 0 Å². The molecule has 90 valence electrons. The van der Waals surface area contributed by atoms with E-state index in [1.807, 2.05) is 0 Å². The summed E-state index contributed by atoms with van der Waals surface area (Å²) in [6, 6.07) is 1.71. The average Bonchev–Trinajstić information content (AvgIpc) is 2.76. The van der Waals surface area contributed by atoms with Crippen LogP contribution in [0, 0.1) is 0 Å². The van der Waals surface area contributed by atoms with Crippen molar-refractivity contribution in [3.8, 4) is 5.75 Å². The van der Waals surface area contributed by atoms with Crippen molar-refractivity contribution in [1.82, 2.24) is 14.6 Å². The molecule has 1 unspecified atom stereocenters. The molecule has 0 amide bonds. The Bertz CT molecular complexity index is 523. The van der Waals surface area contributed by atoms with Crippen molar-refractivity contribution in [2.75, 3.05) is 6.61 Å². The van der Waals surface area contributed by atoms with Crippen molar-refractivity contribution in [3.05, 3.63) is 24.7 Å². The Kier molecular flexibility index (Phi) is 3.22. The highest BCUT2D eigenvalue weighted by atomic mass is 16.6. The van der Waals surface area contributed by atoms with Crippen molar-refractivity contribution in [2.45, 2.75) is 20.0 Å². The maximum atomic E-state index is 11.4. The van der Waals surface area contributed by atoms with E-state index >= 15 is 0 Å². The molecule has 6 nitrogen and oxygen atoms in total. The largest absolute Gasteiger partial charge is 0.477 e. The van der Waals surface area contributed by atoms with Crippen LogP contribution in [-0.4, -0.2) is 33.3 Å². The average molecular weight is 235 g/mol. The molecule has 1 atom stereocenters. The van der Waals surface area contributed by atoms with Crippen molar-refractivity contribution >= 4 is 11.6 Å². The van der Waals surface area contributed by atoms with Gasteiger partial charge in [0.2, 0.25) is 0 Å². The Morgan fingerprint density at radius 2 is 2.41 bits per heavy atom. The Morgan fingerprint density at radius 1 is 1.59 bits per heavy atom. The molecule has 6 heteroatoms. The zero-order chi connectivity index (χ0) is 12.3. The summed E-state index contributed by atoms with van der Waals surface area (Å²) in [5, 5.41) is 4.08. The van der Waals surface area contributed by atoms with Crippen LogP contribution in [0.2, 0.25) is 0 Å². The van der Waals surface area contributed by atoms with Gasteiger partial charge in [-0.1, -0.05) is 0 Å². The molecule has 0 aliphatic rings. The molecule has 0 saturated carbocycles. The van der Waals surface area contributed by atoms with Crippen LogP contribution in [0.25, 0.3) is 5.65 Å². The number of aromatic nitrogens is 3. The number of ether oxygens (including phenoxy) is 2. The van der Waals surface area contributed by atoms with E-state index in [4.69, 9.17) is 9.47 Å². The molecule has 2 aromatic heterocycles. The predicted octanol–water partition coefficient (Wildman–Crippen LogP) is 1.06. The summed E-state index contributed by atoms with van der Waals surface area (Å²) >= 11 is 0. The van der Waals surface area contributed by atoms with Gasteiger partial charge in [-0.3, -0.25) is 0 Å². The number of hydrogen-bond acceptors (Lipinski definition) is 5. The minimum atomic E-state index is -0.658. The standard InChI is InChI=1S/C11H13N3O3/c1-3-16-11(15)8(2)17-9-6-10-12-4-5-14(10)13-7-9/h4-8H,3H2,1-2H3. The van der Waals surface area contributed by atoms with Crippen LogP contribution in [0.3, 0.4) is 0 Å². The lowest BCUT2D eigenvalue weighted by Gasteiger charge is -2.12. The third-order valence-corrected chi connectivity index (χ3v) is 2.16. The highest BCUT2D eigenvalue weighted by molar-refractivity contribution is 5.74. The number of esters is 1. The number of rotatable bonds is 4. The van der Waals surface area contributed by atoms with Crippen molar-refractivity contribution in [1.29, 1.82) is 0 Å². The zero-order valence-corrected chi connectivity index (χ0v) is 9.66. The molecule has 2 rings (SSSR count). The van der Waals surface area contributed by atoms with E-state index in [0.29, 0.717) is 18.0 Å². The second-order valence-corrected chi connectivity index (χ2v) is 3.43.